The second-order valence-electron chi connectivity index (χ2n) is 9.12. The zero-order chi connectivity index (χ0) is 18.9. The Balaban J connectivity index is 2.28. The van der Waals surface area contributed by atoms with Gasteiger partial charge >= 0.3 is 0 Å². The van der Waals surface area contributed by atoms with E-state index < -0.39 is 5.79 Å². The number of nitrogens with zero attached hydrogens (tertiary/aromatic N) is 1. The molecule has 0 radical (unpaired) electrons. The normalized spacial score (nSPS) is 45.8. The fraction of sp³-hybridized carbons (Fsp3) is 1.00. The highest BCUT2D eigenvalue weighted by Crippen LogP contribution is 2.54. The lowest BCUT2D eigenvalue weighted by Gasteiger charge is -2.63. The lowest BCUT2D eigenvalue weighted by atomic mass is 9.66. The molecule has 1 N–H and O–H groups in total. The second kappa shape index (κ2) is 7.46. The van der Waals surface area contributed by atoms with Crippen molar-refractivity contribution in [1.29, 1.82) is 0 Å². The van der Waals surface area contributed by atoms with Gasteiger partial charge in [-0.1, -0.05) is 47.5 Å². The quantitative estimate of drug-likeness (QED) is 0.694. The third-order valence-corrected chi connectivity index (χ3v) is 7.75. The van der Waals surface area contributed by atoms with Crippen LogP contribution in [0.2, 0.25) is 0 Å². The Hall–Kier alpha value is -0.160. The molecule has 3 atom stereocenters. The highest BCUT2D eigenvalue weighted by Gasteiger charge is 2.62. The Morgan fingerprint density at radius 1 is 1.00 bits per heavy atom. The summed E-state index contributed by atoms with van der Waals surface area (Å²) in [6.07, 6.45) is 7.17. The fourth-order valence-corrected chi connectivity index (χ4v) is 4.83. The first-order chi connectivity index (χ1) is 11.7. The van der Waals surface area contributed by atoms with Crippen LogP contribution >= 0.6 is 0 Å². The molecule has 0 bridgehead atoms. The van der Waals surface area contributed by atoms with E-state index in [1.54, 1.807) is 5.06 Å². The minimum absolute atomic E-state index is 0.107. The summed E-state index contributed by atoms with van der Waals surface area (Å²) in [5, 5.41) is 12.6. The van der Waals surface area contributed by atoms with Crippen LogP contribution in [0.25, 0.3) is 0 Å². The van der Waals surface area contributed by atoms with E-state index in [-0.39, 0.29) is 22.4 Å². The van der Waals surface area contributed by atoms with Crippen LogP contribution in [0.3, 0.4) is 0 Å². The van der Waals surface area contributed by atoms with E-state index >= 15 is 0 Å². The van der Waals surface area contributed by atoms with E-state index in [4.69, 9.17) is 9.47 Å². The summed E-state index contributed by atoms with van der Waals surface area (Å²) >= 11 is 0. The summed E-state index contributed by atoms with van der Waals surface area (Å²) in [6, 6.07) is 0. The van der Waals surface area contributed by atoms with Crippen LogP contribution in [-0.2, 0) is 9.47 Å². The summed E-state index contributed by atoms with van der Waals surface area (Å²) in [5.41, 5.74) is -0.520. The van der Waals surface area contributed by atoms with Gasteiger partial charge in [0.25, 0.3) is 0 Å². The average Bonchev–Trinajstić information content (AvgIpc) is 2.64. The van der Waals surface area contributed by atoms with Gasteiger partial charge in [-0.05, 0) is 39.5 Å². The summed E-state index contributed by atoms with van der Waals surface area (Å²) in [7, 11) is 0. The van der Waals surface area contributed by atoms with Crippen LogP contribution in [-0.4, -0.2) is 40.3 Å². The van der Waals surface area contributed by atoms with Crippen molar-refractivity contribution in [3.8, 4) is 0 Å². The summed E-state index contributed by atoms with van der Waals surface area (Å²) in [5.74, 6) is -0.477. The highest BCUT2D eigenvalue weighted by atomic mass is 16.7. The lowest BCUT2D eigenvalue weighted by Crippen LogP contribution is -2.73. The van der Waals surface area contributed by atoms with E-state index in [9.17, 15) is 5.21 Å². The molecule has 3 unspecified atom stereocenters. The van der Waals surface area contributed by atoms with Crippen molar-refractivity contribution in [1.82, 2.24) is 5.06 Å². The Labute approximate surface area is 155 Å². The van der Waals surface area contributed by atoms with Crippen LogP contribution in [0.5, 0.6) is 0 Å². The van der Waals surface area contributed by atoms with Gasteiger partial charge in [-0.2, -0.15) is 5.06 Å². The van der Waals surface area contributed by atoms with Crippen molar-refractivity contribution in [3.63, 3.8) is 0 Å². The van der Waals surface area contributed by atoms with Crippen LogP contribution in [0.15, 0.2) is 0 Å². The first-order valence-electron chi connectivity index (χ1n) is 10.4. The highest BCUT2D eigenvalue weighted by molar-refractivity contribution is 5.08. The molecule has 0 aromatic heterocycles. The van der Waals surface area contributed by atoms with Crippen LogP contribution in [0.4, 0.5) is 0 Å². The van der Waals surface area contributed by atoms with Crippen LogP contribution in [0, 0.1) is 11.3 Å². The van der Waals surface area contributed by atoms with E-state index in [0.29, 0.717) is 0 Å². The molecule has 0 aromatic carbocycles. The number of unbranched alkanes of at least 4 members (excludes halogenated alkanes) is 1. The number of rotatable bonds is 6. The third-order valence-electron chi connectivity index (χ3n) is 7.75. The predicted molar refractivity (Wildman–Crippen MR) is 102 cm³/mol. The monoisotopic (exact) mass is 355 g/mol. The van der Waals surface area contributed by atoms with Crippen molar-refractivity contribution < 1.29 is 14.7 Å². The largest absolute Gasteiger partial charge is 0.349 e. The Bertz CT molecular complexity index is 446. The topological polar surface area (TPSA) is 41.9 Å². The van der Waals surface area contributed by atoms with Gasteiger partial charge in [0.1, 0.15) is 0 Å². The molecule has 2 rings (SSSR count). The standard InChI is InChI=1S/C21H41NO3/c1-8-12-13-20(11-4)15-24-21(25-16-20)14-18(6,9-2)22(23)19(7,10-3)17(21)5/h17,23H,8-16H2,1-7H3. The van der Waals surface area contributed by atoms with Crippen molar-refractivity contribution >= 4 is 0 Å². The fourth-order valence-electron chi connectivity index (χ4n) is 4.83. The molecule has 0 amide bonds. The molecule has 2 saturated heterocycles. The number of hydroxylamine groups is 2. The van der Waals surface area contributed by atoms with Crippen LogP contribution < -0.4 is 0 Å². The number of hydrogen-bond acceptors (Lipinski definition) is 4. The Kier molecular flexibility index (Phi) is 6.31. The molecule has 0 aromatic rings. The molecule has 2 aliphatic rings. The smallest absolute Gasteiger partial charge is 0.174 e. The molecule has 0 aliphatic carbocycles. The molecule has 4 nitrogen and oxygen atoms in total. The average molecular weight is 356 g/mol. The Morgan fingerprint density at radius 2 is 1.60 bits per heavy atom. The van der Waals surface area contributed by atoms with Crippen molar-refractivity contribution in [2.24, 2.45) is 11.3 Å². The number of piperidine rings is 1. The Morgan fingerprint density at radius 3 is 2.04 bits per heavy atom. The lowest BCUT2D eigenvalue weighted by molar-refractivity contribution is -0.402. The predicted octanol–water partition coefficient (Wildman–Crippen LogP) is 5.38. The molecule has 25 heavy (non-hydrogen) atoms. The SMILES string of the molecule is CCCCC1(CC)COC2(CC(C)(CC)N(O)C(C)(CC)C2C)OC1. The summed E-state index contributed by atoms with van der Waals surface area (Å²) in [4.78, 5) is 0. The first-order valence-corrected chi connectivity index (χ1v) is 10.4. The minimum atomic E-state index is -0.584. The van der Waals surface area contributed by atoms with Gasteiger partial charge in [0, 0.05) is 23.3 Å². The van der Waals surface area contributed by atoms with Gasteiger partial charge in [-0.15, -0.1) is 0 Å². The maximum atomic E-state index is 11.0. The minimum Gasteiger partial charge on any atom is -0.349 e. The van der Waals surface area contributed by atoms with Gasteiger partial charge in [0.05, 0.1) is 18.8 Å². The zero-order valence-corrected chi connectivity index (χ0v) is 17.7. The van der Waals surface area contributed by atoms with Crippen LogP contribution in [0.1, 0.15) is 93.4 Å². The molecular weight excluding hydrogens is 314 g/mol. The molecule has 148 valence electrons. The van der Waals surface area contributed by atoms with Crippen molar-refractivity contribution in [2.45, 2.75) is 110 Å². The van der Waals surface area contributed by atoms with Gasteiger partial charge in [-0.25, -0.2) is 0 Å². The summed E-state index contributed by atoms with van der Waals surface area (Å²) in [6.45, 7) is 16.8. The molecular formula is C21H41NO3. The van der Waals surface area contributed by atoms with E-state index in [1.165, 1.54) is 19.3 Å². The third kappa shape index (κ3) is 3.40. The van der Waals surface area contributed by atoms with Crippen molar-refractivity contribution in [2.75, 3.05) is 13.2 Å². The maximum absolute atomic E-state index is 11.0. The van der Waals surface area contributed by atoms with Gasteiger partial charge < -0.3 is 14.7 Å². The number of hydrogen-bond donors (Lipinski definition) is 1. The van der Waals surface area contributed by atoms with E-state index in [2.05, 4.69) is 48.5 Å². The molecule has 0 saturated carbocycles. The molecule has 4 heteroatoms. The van der Waals surface area contributed by atoms with Gasteiger partial charge in [0.15, 0.2) is 5.79 Å². The van der Waals surface area contributed by atoms with Gasteiger partial charge in [-0.3, -0.25) is 0 Å². The molecule has 2 aliphatic heterocycles. The van der Waals surface area contributed by atoms with E-state index in [0.717, 1.165) is 38.9 Å². The maximum Gasteiger partial charge on any atom is 0.174 e. The zero-order valence-electron chi connectivity index (χ0n) is 17.7. The first kappa shape index (κ1) is 21.1. The van der Waals surface area contributed by atoms with Crippen molar-refractivity contribution in [3.05, 3.63) is 0 Å². The second-order valence-corrected chi connectivity index (χ2v) is 9.12. The summed E-state index contributed by atoms with van der Waals surface area (Å²) < 4.78 is 13.2. The number of ether oxygens (including phenoxy) is 2. The molecule has 2 fully saturated rings. The molecule has 2 heterocycles. The van der Waals surface area contributed by atoms with Gasteiger partial charge in [0.2, 0.25) is 0 Å². The molecule has 1 spiro atoms. The van der Waals surface area contributed by atoms with E-state index in [1.807, 2.05) is 0 Å².